The highest BCUT2D eigenvalue weighted by Gasteiger charge is 2.17. The molecule has 0 bridgehead atoms. The van der Waals surface area contributed by atoms with E-state index in [2.05, 4.69) is 21.2 Å². The van der Waals surface area contributed by atoms with Crippen LogP contribution in [-0.4, -0.2) is 12.5 Å². The van der Waals surface area contributed by atoms with Crippen molar-refractivity contribution in [2.24, 2.45) is 0 Å². The molecule has 0 amide bonds. The lowest BCUT2D eigenvalue weighted by molar-refractivity contribution is 0.101. The largest absolute Gasteiger partial charge is 0.302 e. The van der Waals surface area contributed by atoms with Crippen molar-refractivity contribution >= 4 is 15.9 Å². The molecule has 4 heteroatoms. The number of benzene rings is 1. The second kappa shape index (κ2) is 5.56. The van der Waals surface area contributed by atoms with E-state index in [1.165, 1.54) is 6.92 Å². The van der Waals surface area contributed by atoms with Crippen molar-refractivity contribution in [1.29, 1.82) is 0 Å². The minimum atomic E-state index is -2.33. The first-order chi connectivity index (χ1) is 7.00. The minimum absolute atomic E-state index is 0.0675. The molecule has 1 aromatic carbocycles. The van der Waals surface area contributed by atoms with Gasteiger partial charge in [-0.05, 0) is 31.5 Å². The summed E-state index contributed by atoms with van der Waals surface area (Å²) in [4.78, 5) is 0. The van der Waals surface area contributed by atoms with Crippen LogP contribution in [-0.2, 0) is 0 Å². The summed E-state index contributed by atoms with van der Waals surface area (Å²) in [6.07, 6.45) is -2.33. The molecule has 0 spiro atoms. The fraction of sp³-hybridized carbons (Fsp3) is 0.455. The predicted molar refractivity (Wildman–Crippen MR) is 61.2 cm³/mol. The fourth-order valence-corrected chi connectivity index (χ4v) is 1.58. The monoisotopic (exact) mass is 277 g/mol. The Hall–Kier alpha value is -0.480. The van der Waals surface area contributed by atoms with Gasteiger partial charge in [-0.15, -0.1) is 0 Å². The highest BCUT2D eigenvalue weighted by molar-refractivity contribution is 9.10. The van der Waals surface area contributed by atoms with Gasteiger partial charge in [-0.1, -0.05) is 28.1 Å². The molecule has 1 aromatic rings. The van der Waals surface area contributed by atoms with Crippen LogP contribution in [0.25, 0.3) is 0 Å². The average molecular weight is 278 g/mol. The number of nitrogens with one attached hydrogen (secondary N) is 1. The van der Waals surface area contributed by atoms with E-state index in [-0.39, 0.29) is 6.04 Å². The van der Waals surface area contributed by atoms with E-state index in [4.69, 9.17) is 0 Å². The molecule has 1 nitrogen and oxygen atoms in total. The van der Waals surface area contributed by atoms with Crippen molar-refractivity contribution in [2.75, 3.05) is 0 Å². The molecule has 0 heterocycles. The summed E-state index contributed by atoms with van der Waals surface area (Å²) >= 11 is 3.33. The first-order valence-electron chi connectivity index (χ1n) is 4.80. The molecule has 0 aliphatic rings. The molecule has 0 radical (unpaired) electrons. The van der Waals surface area contributed by atoms with Gasteiger partial charge in [-0.25, -0.2) is 8.78 Å². The highest BCUT2D eigenvalue weighted by atomic mass is 79.9. The highest BCUT2D eigenvalue weighted by Crippen LogP contribution is 2.17. The van der Waals surface area contributed by atoms with E-state index in [9.17, 15) is 8.78 Å². The Labute approximate surface area is 97.0 Å². The number of hydrogen-bond donors (Lipinski definition) is 1. The molecule has 0 fully saturated rings. The Balaban J connectivity index is 2.61. The third-order valence-electron chi connectivity index (χ3n) is 2.26. The summed E-state index contributed by atoms with van der Waals surface area (Å²) in [5, 5.41) is 2.85. The zero-order valence-electron chi connectivity index (χ0n) is 8.68. The molecule has 1 rings (SSSR count). The second-order valence-corrected chi connectivity index (χ2v) is 4.48. The summed E-state index contributed by atoms with van der Waals surface area (Å²) in [6, 6.07) is 6.78. The van der Waals surface area contributed by atoms with Crippen LogP contribution >= 0.6 is 15.9 Å². The quantitative estimate of drug-likeness (QED) is 0.884. The molecule has 0 aliphatic carbocycles. The maximum absolute atomic E-state index is 12.3. The maximum atomic E-state index is 12.3. The van der Waals surface area contributed by atoms with E-state index >= 15 is 0 Å². The van der Waals surface area contributed by atoms with E-state index in [1.54, 1.807) is 0 Å². The predicted octanol–water partition coefficient (Wildman–Crippen LogP) is 3.75. The standard InChI is InChI=1S/C11H14BrF2N/c1-7(15-8(2)11(13)14)9-3-5-10(12)6-4-9/h3-8,11,15H,1-2H3. The molecule has 2 atom stereocenters. The van der Waals surface area contributed by atoms with Crippen molar-refractivity contribution in [1.82, 2.24) is 5.32 Å². The van der Waals surface area contributed by atoms with Crippen LogP contribution in [0.4, 0.5) is 8.78 Å². The third-order valence-corrected chi connectivity index (χ3v) is 2.79. The van der Waals surface area contributed by atoms with Crippen molar-refractivity contribution in [3.63, 3.8) is 0 Å². The summed E-state index contributed by atoms with van der Waals surface area (Å²) < 4.78 is 25.6. The molecular weight excluding hydrogens is 264 g/mol. The van der Waals surface area contributed by atoms with Gasteiger partial charge in [0.25, 0.3) is 6.43 Å². The van der Waals surface area contributed by atoms with Crippen LogP contribution in [0.5, 0.6) is 0 Å². The van der Waals surface area contributed by atoms with E-state index in [0.717, 1.165) is 10.0 Å². The van der Waals surface area contributed by atoms with Gasteiger partial charge in [0.2, 0.25) is 0 Å². The minimum Gasteiger partial charge on any atom is -0.302 e. The molecular formula is C11H14BrF2N. The number of alkyl halides is 2. The lowest BCUT2D eigenvalue weighted by Crippen LogP contribution is -2.34. The Morgan fingerprint density at radius 3 is 2.13 bits per heavy atom. The molecule has 15 heavy (non-hydrogen) atoms. The van der Waals surface area contributed by atoms with Gasteiger partial charge >= 0.3 is 0 Å². The van der Waals surface area contributed by atoms with Gasteiger partial charge in [0.1, 0.15) is 0 Å². The van der Waals surface area contributed by atoms with Gasteiger partial charge in [0.05, 0.1) is 6.04 Å². The molecule has 0 aliphatic heterocycles. The van der Waals surface area contributed by atoms with Crippen LogP contribution in [0.3, 0.4) is 0 Å². The maximum Gasteiger partial charge on any atom is 0.253 e. The summed E-state index contributed by atoms with van der Waals surface area (Å²) in [7, 11) is 0. The zero-order chi connectivity index (χ0) is 11.4. The van der Waals surface area contributed by atoms with Crippen LogP contribution < -0.4 is 5.32 Å². The molecule has 2 unspecified atom stereocenters. The van der Waals surface area contributed by atoms with Gasteiger partial charge < -0.3 is 5.32 Å². The third kappa shape index (κ3) is 3.87. The van der Waals surface area contributed by atoms with E-state index in [1.807, 2.05) is 31.2 Å². The van der Waals surface area contributed by atoms with E-state index in [0.29, 0.717) is 0 Å². The van der Waals surface area contributed by atoms with Crippen LogP contribution in [0.15, 0.2) is 28.7 Å². The van der Waals surface area contributed by atoms with Crippen molar-refractivity contribution in [3.8, 4) is 0 Å². The number of rotatable bonds is 4. The summed E-state index contributed by atoms with van der Waals surface area (Å²) in [5.74, 6) is 0. The number of halogens is 3. The summed E-state index contributed by atoms with van der Waals surface area (Å²) in [6.45, 7) is 3.36. The van der Waals surface area contributed by atoms with Gasteiger partial charge in [-0.2, -0.15) is 0 Å². The molecule has 84 valence electrons. The van der Waals surface area contributed by atoms with Gasteiger partial charge in [0, 0.05) is 10.5 Å². The molecule has 0 saturated heterocycles. The SMILES string of the molecule is CC(NC(C)C(F)F)c1ccc(Br)cc1. The Bertz CT molecular complexity index is 300. The molecule has 1 N–H and O–H groups in total. The first-order valence-corrected chi connectivity index (χ1v) is 5.59. The second-order valence-electron chi connectivity index (χ2n) is 3.56. The van der Waals surface area contributed by atoms with Crippen molar-refractivity contribution < 1.29 is 8.78 Å². The van der Waals surface area contributed by atoms with Gasteiger partial charge in [-0.3, -0.25) is 0 Å². The first kappa shape index (κ1) is 12.6. The smallest absolute Gasteiger partial charge is 0.253 e. The van der Waals surface area contributed by atoms with E-state index < -0.39 is 12.5 Å². The Morgan fingerprint density at radius 1 is 1.13 bits per heavy atom. The lowest BCUT2D eigenvalue weighted by atomic mass is 10.1. The Kier molecular flexibility index (Phi) is 4.67. The topological polar surface area (TPSA) is 12.0 Å². The number of hydrogen-bond acceptors (Lipinski definition) is 1. The Morgan fingerprint density at radius 2 is 1.67 bits per heavy atom. The van der Waals surface area contributed by atoms with Crippen molar-refractivity contribution in [3.05, 3.63) is 34.3 Å². The van der Waals surface area contributed by atoms with Crippen LogP contribution in [0, 0.1) is 0 Å². The van der Waals surface area contributed by atoms with Crippen LogP contribution in [0.1, 0.15) is 25.5 Å². The lowest BCUT2D eigenvalue weighted by Gasteiger charge is -2.19. The zero-order valence-corrected chi connectivity index (χ0v) is 10.3. The average Bonchev–Trinajstić information content (AvgIpc) is 2.18. The van der Waals surface area contributed by atoms with Gasteiger partial charge in [0.15, 0.2) is 0 Å². The normalized spacial score (nSPS) is 15.3. The van der Waals surface area contributed by atoms with Crippen LogP contribution in [0.2, 0.25) is 0 Å². The van der Waals surface area contributed by atoms with Crippen molar-refractivity contribution in [2.45, 2.75) is 32.4 Å². The molecule has 0 aromatic heterocycles. The molecule has 0 saturated carbocycles. The summed E-state index contributed by atoms with van der Waals surface area (Å²) in [5.41, 5.74) is 1.01. The fourth-order valence-electron chi connectivity index (χ4n) is 1.31.